The van der Waals surface area contributed by atoms with Gasteiger partial charge in [0.1, 0.15) is 0 Å². The van der Waals surface area contributed by atoms with E-state index in [4.69, 9.17) is 34.8 Å². The lowest BCUT2D eigenvalue weighted by molar-refractivity contribution is 1.24. The van der Waals surface area contributed by atoms with Crippen LogP contribution in [0, 0.1) is 0 Å². The minimum absolute atomic E-state index is 0.120. The maximum atomic E-state index is 5.34. The average molecular weight is 216 g/mol. The minimum Gasteiger partial charge on any atom is -0.122 e. The van der Waals surface area contributed by atoms with Gasteiger partial charge >= 0.3 is 0 Å². The van der Waals surface area contributed by atoms with E-state index in [0.717, 1.165) is 5.57 Å². The van der Waals surface area contributed by atoms with Gasteiger partial charge in [0, 0.05) is 17.1 Å². The maximum Gasteiger partial charge on any atom is 0.0485 e. The fourth-order valence-electron chi connectivity index (χ4n) is 0.0357. The summed E-state index contributed by atoms with van der Waals surface area (Å²) in [5.74, 6) is 0.951. The molecule has 0 aromatic carbocycles. The third-order valence-corrected chi connectivity index (χ3v) is 1.64. The summed E-state index contributed by atoms with van der Waals surface area (Å²) in [6.45, 7) is 8.83. The second kappa shape index (κ2) is 10.3. The van der Waals surface area contributed by atoms with E-state index in [-0.39, 0.29) is 5.38 Å². The van der Waals surface area contributed by atoms with Crippen LogP contribution in [0.15, 0.2) is 24.8 Å². The summed E-state index contributed by atoms with van der Waals surface area (Å²) in [5.41, 5.74) is 0.873. The molecule has 0 saturated heterocycles. The number of hydrogen-bond acceptors (Lipinski definition) is 0. The molecule has 0 amide bonds. The molecule has 0 bridgehead atoms. The standard InChI is InChI=1S/C4H6Cl2.C4H7Cl/c1-4(2-5)3-6;1-3-4(2)5/h1-3H2;3-4H,1H2,2H3. The zero-order valence-corrected chi connectivity index (χ0v) is 8.88. The number of hydrogen-bond donors (Lipinski definition) is 0. The van der Waals surface area contributed by atoms with Crippen molar-refractivity contribution < 1.29 is 0 Å². The molecule has 0 saturated carbocycles. The molecule has 1 unspecified atom stereocenters. The summed E-state index contributed by atoms with van der Waals surface area (Å²) in [6.07, 6.45) is 1.68. The number of halogens is 3. The summed E-state index contributed by atoms with van der Waals surface area (Å²) in [7, 11) is 0. The molecule has 0 radical (unpaired) electrons. The van der Waals surface area contributed by atoms with Crippen LogP contribution < -0.4 is 0 Å². The molecule has 0 N–H and O–H groups in total. The Hall–Kier alpha value is 0.350. The van der Waals surface area contributed by atoms with Gasteiger partial charge in [-0.15, -0.1) is 41.4 Å². The Morgan fingerprint density at radius 3 is 1.73 bits per heavy atom. The van der Waals surface area contributed by atoms with Crippen LogP contribution in [0.1, 0.15) is 6.92 Å². The predicted molar refractivity (Wildman–Crippen MR) is 56.1 cm³/mol. The second-order valence-electron chi connectivity index (χ2n) is 1.93. The number of rotatable bonds is 3. The van der Waals surface area contributed by atoms with E-state index in [0.29, 0.717) is 11.8 Å². The number of allylic oxidation sites excluding steroid dienone is 2. The summed E-state index contributed by atoms with van der Waals surface area (Å²) < 4.78 is 0. The third kappa shape index (κ3) is 17.9. The lowest BCUT2D eigenvalue weighted by Gasteiger charge is -1.85. The van der Waals surface area contributed by atoms with Crippen molar-refractivity contribution in [1.29, 1.82) is 0 Å². The Labute approximate surface area is 83.8 Å². The van der Waals surface area contributed by atoms with E-state index < -0.39 is 0 Å². The topological polar surface area (TPSA) is 0 Å². The van der Waals surface area contributed by atoms with Crippen LogP contribution in [0.25, 0.3) is 0 Å². The zero-order valence-electron chi connectivity index (χ0n) is 6.62. The quantitative estimate of drug-likeness (QED) is 0.496. The van der Waals surface area contributed by atoms with E-state index in [1.807, 2.05) is 6.92 Å². The molecule has 0 aliphatic carbocycles. The van der Waals surface area contributed by atoms with Crippen LogP contribution in [-0.4, -0.2) is 17.1 Å². The first-order valence-corrected chi connectivity index (χ1v) is 4.64. The molecule has 0 heterocycles. The van der Waals surface area contributed by atoms with Crippen molar-refractivity contribution in [2.45, 2.75) is 12.3 Å². The second-order valence-corrected chi connectivity index (χ2v) is 3.15. The number of alkyl halides is 3. The Kier molecular flexibility index (Phi) is 13.1. The van der Waals surface area contributed by atoms with Crippen LogP contribution in [0.4, 0.5) is 0 Å². The first-order valence-electron chi connectivity index (χ1n) is 3.13. The van der Waals surface area contributed by atoms with Gasteiger partial charge in [-0.05, 0) is 12.5 Å². The zero-order chi connectivity index (χ0) is 9.28. The van der Waals surface area contributed by atoms with E-state index in [1.54, 1.807) is 6.08 Å². The highest BCUT2D eigenvalue weighted by Gasteiger charge is 1.82. The highest BCUT2D eigenvalue weighted by molar-refractivity contribution is 6.23. The predicted octanol–water partition coefficient (Wildman–Crippen LogP) is 3.82. The van der Waals surface area contributed by atoms with E-state index in [9.17, 15) is 0 Å². The van der Waals surface area contributed by atoms with E-state index in [2.05, 4.69) is 13.2 Å². The molecule has 3 heteroatoms. The van der Waals surface area contributed by atoms with Crippen LogP contribution in [0.5, 0.6) is 0 Å². The molecule has 0 nitrogen and oxygen atoms in total. The van der Waals surface area contributed by atoms with Gasteiger partial charge in [-0.25, -0.2) is 0 Å². The molecule has 11 heavy (non-hydrogen) atoms. The third-order valence-electron chi connectivity index (χ3n) is 0.703. The Morgan fingerprint density at radius 1 is 1.45 bits per heavy atom. The molecule has 0 aromatic heterocycles. The Bertz CT molecular complexity index is 102. The van der Waals surface area contributed by atoms with Crippen LogP contribution >= 0.6 is 34.8 Å². The molecular formula is C8H13Cl3. The first-order chi connectivity index (χ1) is 5.08. The molecule has 0 aliphatic heterocycles. The Balaban J connectivity index is 0. The highest BCUT2D eigenvalue weighted by Crippen LogP contribution is 1.94. The van der Waals surface area contributed by atoms with Gasteiger partial charge in [0.05, 0.1) is 0 Å². The van der Waals surface area contributed by atoms with Crippen LogP contribution in [-0.2, 0) is 0 Å². The summed E-state index contributed by atoms with van der Waals surface area (Å²) in [5, 5.41) is 0.120. The molecule has 0 aliphatic rings. The van der Waals surface area contributed by atoms with Gasteiger partial charge in [-0.1, -0.05) is 12.7 Å². The van der Waals surface area contributed by atoms with Crippen molar-refractivity contribution >= 4 is 34.8 Å². The van der Waals surface area contributed by atoms with Gasteiger partial charge in [0.15, 0.2) is 0 Å². The fraction of sp³-hybridized carbons (Fsp3) is 0.500. The summed E-state index contributed by atoms with van der Waals surface area (Å²) in [4.78, 5) is 0. The normalized spacial score (nSPS) is 10.9. The molecule has 0 rings (SSSR count). The molecule has 0 aromatic rings. The highest BCUT2D eigenvalue weighted by atomic mass is 35.5. The largest absolute Gasteiger partial charge is 0.122 e. The van der Waals surface area contributed by atoms with Gasteiger partial charge in [-0.2, -0.15) is 0 Å². The van der Waals surface area contributed by atoms with Crippen LogP contribution in [0.3, 0.4) is 0 Å². The summed E-state index contributed by atoms with van der Waals surface area (Å²) in [6, 6.07) is 0. The van der Waals surface area contributed by atoms with Crippen molar-refractivity contribution in [3.63, 3.8) is 0 Å². The monoisotopic (exact) mass is 214 g/mol. The molecule has 66 valence electrons. The van der Waals surface area contributed by atoms with Crippen molar-refractivity contribution in [1.82, 2.24) is 0 Å². The molecule has 1 atom stereocenters. The maximum absolute atomic E-state index is 5.34. The van der Waals surface area contributed by atoms with Gasteiger partial charge in [0.25, 0.3) is 0 Å². The smallest absolute Gasteiger partial charge is 0.0485 e. The van der Waals surface area contributed by atoms with Crippen molar-refractivity contribution in [2.75, 3.05) is 11.8 Å². The summed E-state index contributed by atoms with van der Waals surface area (Å²) >= 11 is 15.9. The molecule has 0 spiro atoms. The average Bonchev–Trinajstić information content (AvgIpc) is 2.04. The lowest BCUT2D eigenvalue weighted by Crippen LogP contribution is -1.79. The van der Waals surface area contributed by atoms with Gasteiger partial charge in [-0.3, -0.25) is 0 Å². The minimum atomic E-state index is 0.120. The van der Waals surface area contributed by atoms with E-state index >= 15 is 0 Å². The van der Waals surface area contributed by atoms with E-state index in [1.165, 1.54) is 0 Å². The lowest BCUT2D eigenvalue weighted by atomic mass is 10.4. The molecular weight excluding hydrogens is 202 g/mol. The Morgan fingerprint density at radius 2 is 1.73 bits per heavy atom. The van der Waals surface area contributed by atoms with Gasteiger partial charge in [0.2, 0.25) is 0 Å². The SMILES string of the molecule is C=C(CCl)CCl.C=CC(C)Cl. The van der Waals surface area contributed by atoms with Gasteiger partial charge < -0.3 is 0 Å². The fourth-order valence-corrected chi connectivity index (χ4v) is 0.321. The molecule has 0 fully saturated rings. The first kappa shape index (κ1) is 13.9. The van der Waals surface area contributed by atoms with Crippen molar-refractivity contribution in [2.24, 2.45) is 0 Å². The van der Waals surface area contributed by atoms with Crippen molar-refractivity contribution in [3.05, 3.63) is 24.8 Å². The van der Waals surface area contributed by atoms with Crippen LogP contribution in [0.2, 0.25) is 0 Å². The van der Waals surface area contributed by atoms with Crippen molar-refractivity contribution in [3.8, 4) is 0 Å².